The van der Waals surface area contributed by atoms with E-state index < -0.39 is 23.3 Å². The lowest BCUT2D eigenvalue weighted by atomic mass is 9.97. The minimum Gasteiger partial charge on any atom is -0.206 e. The average Bonchev–Trinajstić information content (AvgIpc) is 2.64. The Morgan fingerprint density at radius 3 is 1.89 bits per heavy atom. The smallest absolute Gasteiger partial charge is 0.166 e. The van der Waals surface area contributed by atoms with E-state index in [-0.39, 0.29) is 5.39 Å². The molecule has 0 aliphatic carbocycles. The lowest BCUT2D eigenvalue weighted by Gasteiger charge is -2.10. The van der Waals surface area contributed by atoms with Gasteiger partial charge < -0.3 is 0 Å². The van der Waals surface area contributed by atoms with Crippen molar-refractivity contribution < 1.29 is 17.6 Å². The van der Waals surface area contributed by atoms with Gasteiger partial charge in [0.1, 0.15) is 11.6 Å². The summed E-state index contributed by atoms with van der Waals surface area (Å²) in [7, 11) is 0. The van der Waals surface area contributed by atoms with Crippen molar-refractivity contribution in [2.24, 2.45) is 0 Å². The molecule has 0 radical (unpaired) electrons. The van der Waals surface area contributed by atoms with E-state index in [2.05, 4.69) is 0 Å². The molecule has 0 saturated heterocycles. The van der Waals surface area contributed by atoms with Gasteiger partial charge in [-0.1, -0.05) is 42.5 Å². The van der Waals surface area contributed by atoms with Crippen molar-refractivity contribution in [3.63, 3.8) is 0 Å². The summed E-state index contributed by atoms with van der Waals surface area (Å²) in [6.45, 7) is 1.78. The molecule has 134 valence electrons. The van der Waals surface area contributed by atoms with Gasteiger partial charge in [0.15, 0.2) is 11.6 Å². The molecule has 4 aromatic rings. The fourth-order valence-corrected chi connectivity index (χ4v) is 3.20. The summed E-state index contributed by atoms with van der Waals surface area (Å²) in [5.74, 6) is -2.78. The predicted molar refractivity (Wildman–Crippen MR) is 99.4 cm³/mol. The van der Waals surface area contributed by atoms with Gasteiger partial charge in [-0.05, 0) is 53.3 Å². The molecule has 0 heterocycles. The Labute approximate surface area is 153 Å². The number of rotatable bonds is 2. The van der Waals surface area contributed by atoms with Crippen molar-refractivity contribution >= 4 is 10.8 Å². The Kier molecular flexibility index (Phi) is 4.19. The molecule has 0 saturated carbocycles. The molecule has 4 aromatic carbocycles. The Morgan fingerprint density at radius 2 is 1.19 bits per heavy atom. The van der Waals surface area contributed by atoms with Gasteiger partial charge in [-0.15, -0.1) is 0 Å². The summed E-state index contributed by atoms with van der Waals surface area (Å²) in [6.07, 6.45) is 0. The highest BCUT2D eigenvalue weighted by atomic mass is 19.2. The van der Waals surface area contributed by atoms with Gasteiger partial charge in [0.25, 0.3) is 0 Å². The fraction of sp³-hybridized carbons (Fsp3) is 0.0435. The van der Waals surface area contributed by atoms with Crippen LogP contribution in [0.2, 0.25) is 0 Å². The van der Waals surface area contributed by atoms with Crippen molar-refractivity contribution in [3.05, 3.63) is 95.6 Å². The van der Waals surface area contributed by atoms with Crippen molar-refractivity contribution in [2.45, 2.75) is 6.92 Å². The zero-order chi connectivity index (χ0) is 19.1. The van der Waals surface area contributed by atoms with Crippen molar-refractivity contribution in [2.75, 3.05) is 0 Å². The zero-order valence-corrected chi connectivity index (χ0v) is 14.4. The lowest BCUT2D eigenvalue weighted by molar-refractivity contribution is 0.517. The molecule has 0 fully saturated rings. The topological polar surface area (TPSA) is 0 Å². The predicted octanol–water partition coefficient (Wildman–Crippen LogP) is 7.04. The van der Waals surface area contributed by atoms with E-state index in [1.165, 1.54) is 30.3 Å². The third-order valence-corrected chi connectivity index (χ3v) is 4.62. The Morgan fingerprint density at radius 1 is 0.556 bits per heavy atom. The summed E-state index contributed by atoms with van der Waals surface area (Å²) in [5.41, 5.74) is 2.37. The van der Waals surface area contributed by atoms with Crippen LogP contribution >= 0.6 is 0 Å². The first-order valence-electron chi connectivity index (χ1n) is 8.38. The van der Waals surface area contributed by atoms with Crippen LogP contribution in [0.15, 0.2) is 66.7 Å². The van der Waals surface area contributed by atoms with Crippen molar-refractivity contribution in [1.29, 1.82) is 0 Å². The monoisotopic (exact) mass is 366 g/mol. The quantitative estimate of drug-likeness (QED) is 0.334. The first-order chi connectivity index (χ1) is 12.9. The Bertz CT molecular complexity index is 1180. The first kappa shape index (κ1) is 17.3. The molecular weight excluding hydrogens is 352 g/mol. The molecule has 0 aliphatic heterocycles. The first-order valence-corrected chi connectivity index (χ1v) is 8.38. The molecule has 0 bridgehead atoms. The van der Waals surface area contributed by atoms with Gasteiger partial charge in [0.05, 0.1) is 0 Å². The van der Waals surface area contributed by atoms with Crippen LogP contribution in [0.3, 0.4) is 0 Å². The number of hydrogen-bond acceptors (Lipinski definition) is 0. The van der Waals surface area contributed by atoms with Crippen LogP contribution in [-0.4, -0.2) is 0 Å². The molecule has 0 aliphatic rings. The number of aryl methyl sites for hydroxylation is 1. The summed E-state index contributed by atoms with van der Waals surface area (Å²) in [4.78, 5) is 0. The highest BCUT2D eigenvalue weighted by Crippen LogP contribution is 2.32. The van der Waals surface area contributed by atoms with Gasteiger partial charge in [0, 0.05) is 16.5 Å². The van der Waals surface area contributed by atoms with Crippen LogP contribution in [-0.2, 0) is 0 Å². The third kappa shape index (κ3) is 3.08. The van der Waals surface area contributed by atoms with Gasteiger partial charge in [-0.25, -0.2) is 17.6 Å². The summed E-state index contributed by atoms with van der Waals surface area (Å²) >= 11 is 0. The molecular formula is C23H14F4. The van der Waals surface area contributed by atoms with E-state index in [4.69, 9.17) is 0 Å². The van der Waals surface area contributed by atoms with Crippen LogP contribution in [0.1, 0.15) is 5.56 Å². The lowest BCUT2D eigenvalue weighted by Crippen LogP contribution is -1.91. The summed E-state index contributed by atoms with van der Waals surface area (Å²) in [5, 5.41) is 0.608. The second-order valence-electron chi connectivity index (χ2n) is 6.48. The maximum absolute atomic E-state index is 14.7. The maximum Gasteiger partial charge on any atom is 0.166 e. The normalized spacial score (nSPS) is 11.1. The summed E-state index contributed by atoms with van der Waals surface area (Å²) < 4.78 is 56.0. The highest BCUT2D eigenvalue weighted by Gasteiger charge is 2.12. The molecule has 0 nitrogen and oxygen atoms in total. The number of halogens is 4. The number of fused-ring (bicyclic) bond motifs is 1. The second-order valence-corrected chi connectivity index (χ2v) is 6.48. The van der Waals surface area contributed by atoms with Crippen LogP contribution < -0.4 is 0 Å². The molecule has 27 heavy (non-hydrogen) atoms. The summed E-state index contributed by atoms with van der Waals surface area (Å²) in [6, 6.07) is 16.3. The van der Waals surface area contributed by atoms with Crippen LogP contribution in [0.25, 0.3) is 33.0 Å². The van der Waals surface area contributed by atoms with Crippen molar-refractivity contribution in [1.82, 2.24) is 0 Å². The minimum atomic E-state index is -0.926. The zero-order valence-electron chi connectivity index (χ0n) is 14.4. The van der Waals surface area contributed by atoms with E-state index in [0.717, 1.165) is 11.6 Å². The van der Waals surface area contributed by atoms with E-state index in [0.29, 0.717) is 27.6 Å². The standard InChI is InChI=1S/C23H14F4/c1-13-2-6-17(21(25)10-13)16-3-7-18(22(26)12-16)14-4-8-19-15(11-14)5-9-20(24)23(19)27/h2-12H,1H3. The van der Waals surface area contributed by atoms with Gasteiger partial charge >= 0.3 is 0 Å². The van der Waals surface area contributed by atoms with E-state index in [1.807, 2.05) is 0 Å². The number of benzene rings is 4. The minimum absolute atomic E-state index is 0.137. The average molecular weight is 366 g/mol. The maximum atomic E-state index is 14.7. The van der Waals surface area contributed by atoms with Gasteiger partial charge in [0.2, 0.25) is 0 Å². The van der Waals surface area contributed by atoms with Gasteiger partial charge in [-0.3, -0.25) is 0 Å². The molecule has 0 atom stereocenters. The van der Waals surface area contributed by atoms with E-state index >= 15 is 0 Å². The second kappa shape index (κ2) is 6.54. The van der Waals surface area contributed by atoms with Crippen LogP contribution in [0, 0.1) is 30.2 Å². The van der Waals surface area contributed by atoms with E-state index in [9.17, 15) is 17.6 Å². The Balaban J connectivity index is 1.79. The molecule has 0 aromatic heterocycles. The molecule has 0 unspecified atom stereocenters. The molecule has 0 amide bonds. The molecule has 4 rings (SSSR count). The Hall–Kier alpha value is -3.14. The SMILES string of the molecule is Cc1ccc(-c2ccc(-c3ccc4c(F)c(F)ccc4c3)c(F)c2)c(F)c1. The fourth-order valence-electron chi connectivity index (χ4n) is 3.20. The van der Waals surface area contributed by atoms with Gasteiger partial charge in [-0.2, -0.15) is 0 Å². The van der Waals surface area contributed by atoms with Crippen molar-refractivity contribution in [3.8, 4) is 22.3 Å². The highest BCUT2D eigenvalue weighted by molar-refractivity contribution is 5.88. The third-order valence-electron chi connectivity index (χ3n) is 4.62. The largest absolute Gasteiger partial charge is 0.206 e. The van der Waals surface area contributed by atoms with Crippen LogP contribution in [0.5, 0.6) is 0 Å². The van der Waals surface area contributed by atoms with Crippen LogP contribution in [0.4, 0.5) is 17.6 Å². The van der Waals surface area contributed by atoms with E-state index in [1.54, 1.807) is 37.3 Å². The molecule has 4 heteroatoms. The molecule has 0 N–H and O–H groups in total. The number of hydrogen-bond donors (Lipinski definition) is 0. The molecule has 0 spiro atoms.